The molecule has 1 fully saturated rings. The molecule has 82 valence electrons. The molecule has 1 aliphatic heterocycles. The highest BCUT2D eigenvalue weighted by Gasteiger charge is 2.36. The molecule has 0 aromatic carbocycles. The van der Waals surface area contributed by atoms with Gasteiger partial charge in [0.25, 0.3) is 0 Å². The second kappa shape index (κ2) is 4.26. The predicted molar refractivity (Wildman–Crippen MR) is 53.8 cm³/mol. The van der Waals surface area contributed by atoms with Crippen LogP contribution in [0.5, 0.6) is 0 Å². The molecule has 1 aliphatic rings. The second-order valence-corrected chi connectivity index (χ2v) is 4.51. The van der Waals surface area contributed by atoms with Crippen LogP contribution in [-0.4, -0.2) is 43.2 Å². The molecule has 1 N–H and O–H groups in total. The molecule has 1 saturated heterocycles. The molecular weight excluding hydrogens is 183 g/mol. The van der Waals surface area contributed by atoms with Crippen molar-refractivity contribution in [1.29, 1.82) is 0 Å². The number of likely N-dealkylation sites (tertiary alicyclic amines) is 1. The summed E-state index contributed by atoms with van der Waals surface area (Å²) in [7, 11) is 1.89. The van der Waals surface area contributed by atoms with Crippen LogP contribution in [0.15, 0.2) is 0 Å². The van der Waals surface area contributed by atoms with Crippen molar-refractivity contribution in [2.24, 2.45) is 5.92 Å². The molecule has 0 unspecified atom stereocenters. The van der Waals surface area contributed by atoms with Crippen LogP contribution in [0, 0.1) is 5.92 Å². The molecule has 0 bridgehead atoms. The van der Waals surface area contributed by atoms with E-state index in [-0.39, 0.29) is 18.4 Å². The summed E-state index contributed by atoms with van der Waals surface area (Å²) in [6, 6.07) is 0. The molecule has 0 aromatic rings. The van der Waals surface area contributed by atoms with Gasteiger partial charge < -0.3 is 10.2 Å². The zero-order valence-electron chi connectivity index (χ0n) is 9.14. The zero-order valence-corrected chi connectivity index (χ0v) is 9.14. The Kier molecular flexibility index (Phi) is 3.48. The van der Waals surface area contributed by atoms with Crippen molar-refractivity contribution in [1.82, 2.24) is 10.2 Å². The smallest absolute Gasteiger partial charge is 0.222 e. The molecule has 1 heterocycles. The fourth-order valence-corrected chi connectivity index (χ4v) is 1.63. The maximum atomic E-state index is 13.9. The predicted octanol–water partition coefficient (Wildman–Crippen LogP) is 0.802. The normalized spacial score (nSPS) is 28.4. The van der Waals surface area contributed by atoms with Crippen LogP contribution in [0.3, 0.4) is 0 Å². The van der Waals surface area contributed by atoms with E-state index in [1.165, 1.54) is 0 Å². The van der Waals surface area contributed by atoms with E-state index in [1.807, 2.05) is 11.9 Å². The lowest BCUT2D eigenvalue weighted by atomic mass is 10.1. The molecule has 0 aliphatic carbocycles. The number of nitrogens with one attached hydrogen (secondary N) is 1. The van der Waals surface area contributed by atoms with Gasteiger partial charge in [0, 0.05) is 19.0 Å². The minimum absolute atomic E-state index is 0.0715. The van der Waals surface area contributed by atoms with E-state index in [1.54, 1.807) is 13.8 Å². The molecule has 0 radical (unpaired) electrons. The van der Waals surface area contributed by atoms with Gasteiger partial charge in [0.2, 0.25) is 5.91 Å². The molecule has 1 rings (SSSR count). The van der Waals surface area contributed by atoms with Gasteiger partial charge in [0.05, 0.1) is 6.54 Å². The number of hydrogen-bond acceptors (Lipinski definition) is 2. The van der Waals surface area contributed by atoms with Crippen molar-refractivity contribution >= 4 is 5.91 Å². The lowest BCUT2D eigenvalue weighted by Crippen LogP contribution is -2.42. The standard InChI is InChI=1S/C10H19FN2O/c1-8(2)9(14)12-6-10(11)4-5-13(3)7-10/h8H,4-7H2,1-3H3,(H,12,14)/t10-/m0/s1. The van der Waals surface area contributed by atoms with Gasteiger partial charge in [-0.2, -0.15) is 0 Å². The Morgan fingerprint density at radius 1 is 1.64 bits per heavy atom. The minimum Gasteiger partial charge on any atom is -0.353 e. The molecule has 0 spiro atoms. The quantitative estimate of drug-likeness (QED) is 0.734. The Balaban J connectivity index is 2.34. The van der Waals surface area contributed by atoms with Crippen LogP contribution in [-0.2, 0) is 4.79 Å². The number of alkyl halides is 1. The first-order valence-electron chi connectivity index (χ1n) is 5.08. The average molecular weight is 202 g/mol. The highest BCUT2D eigenvalue weighted by Crippen LogP contribution is 2.23. The lowest BCUT2D eigenvalue weighted by Gasteiger charge is -2.20. The van der Waals surface area contributed by atoms with Crippen molar-refractivity contribution < 1.29 is 9.18 Å². The number of halogens is 1. The van der Waals surface area contributed by atoms with Crippen molar-refractivity contribution in [2.45, 2.75) is 25.9 Å². The Morgan fingerprint density at radius 3 is 2.71 bits per heavy atom. The molecule has 14 heavy (non-hydrogen) atoms. The van der Waals surface area contributed by atoms with E-state index in [4.69, 9.17) is 0 Å². The highest BCUT2D eigenvalue weighted by atomic mass is 19.1. The van der Waals surface area contributed by atoms with Gasteiger partial charge in [0.15, 0.2) is 0 Å². The number of amides is 1. The van der Waals surface area contributed by atoms with Gasteiger partial charge in [-0.3, -0.25) is 4.79 Å². The summed E-state index contributed by atoms with van der Waals surface area (Å²) < 4.78 is 13.9. The number of hydrogen-bond donors (Lipinski definition) is 1. The monoisotopic (exact) mass is 202 g/mol. The van der Waals surface area contributed by atoms with Crippen LogP contribution in [0.2, 0.25) is 0 Å². The van der Waals surface area contributed by atoms with Crippen LogP contribution in [0.4, 0.5) is 4.39 Å². The van der Waals surface area contributed by atoms with Crippen molar-refractivity contribution in [3.8, 4) is 0 Å². The van der Waals surface area contributed by atoms with Gasteiger partial charge >= 0.3 is 0 Å². The van der Waals surface area contributed by atoms with Gasteiger partial charge in [-0.15, -0.1) is 0 Å². The summed E-state index contributed by atoms with van der Waals surface area (Å²) in [6.45, 7) is 4.95. The maximum Gasteiger partial charge on any atom is 0.222 e. The van der Waals surface area contributed by atoms with E-state index in [9.17, 15) is 9.18 Å². The first-order chi connectivity index (χ1) is 6.43. The third-order valence-electron chi connectivity index (χ3n) is 2.60. The van der Waals surface area contributed by atoms with Crippen LogP contribution < -0.4 is 5.32 Å². The molecular formula is C10H19FN2O. The average Bonchev–Trinajstić information content (AvgIpc) is 2.43. The lowest BCUT2D eigenvalue weighted by molar-refractivity contribution is -0.124. The summed E-state index contributed by atoms with van der Waals surface area (Å²) in [5.41, 5.74) is -1.22. The van der Waals surface area contributed by atoms with E-state index < -0.39 is 5.67 Å². The van der Waals surface area contributed by atoms with E-state index in [0.29, 0.717) is 13.0 Å². The van der Waals surface area contributed by atoms with Crippen LogP contribution in [0.25, 0.3) is 0 Å². The van der Waals surface area contributed by atoms with Crippen molar-refractivity contribution in [2.75, 3.05) is 26.7 Å². The summed E-state index contributed by atoms with van der Waals surface area (Å²) >= 11 is 0. The molecule has 0 aromatic heterocycles. The Hall–Kier alpha value is -0.640. The molecule has 3 nitrogen and oxygen atoms in total. The van der Waals surface area contributed by atoms with Crippen LogP contribution >= 0.6 is 0 Å². The second-order valence-electron chi connectivity index (χ2n) is 4.51. The molecule has 1 amide bonds. The minimum atomic E-state index is -1.22. The third kappa shape index (κ3) is 2.94. The molecule has 4 heteroatoms. The van der Waals surface area contributed by atoms with Gasteiger partial charge in [0.1, 0.15) is 5.67 Å². The van der Waals surface area contributed by atoms with Crippen molar-refractivity contribution in [3.05, 3.63) is 0 Å². The topological polar surface area (TPSA) is 32.3 Å². The number of carbonyl (C=O) groups excluding carboxylic acids is 1. The Labute approximate surface area is 84.7 Å². The number of nitrogens with zero attached hydrogens (tertiary/aromatic N) is 1. The van der Waals surface area contributed by atoms with E-state index in [0.717, 1.165) is 6.54 Å². The number of carbonyl (C=O) groups is 1. The SMILES string of the molecule is CC(C)C(=O)NC[C@@]1(F)CCN(C)C1. The third-order valence-corrected chi connectivity index (χ3v) is 2.60. The molecule has 0 saturated carbocycles. The van der Waals surface area contributed by atoms with Gasteiger partial charge in [-0.25, -0.2) is 4.39 Å². The fourth-order valence-electron chi connectivity index (χ4n) is 1.63. The fraction of sp³-hybridized carbons (Fsp3) is 0.900. The Morgan fingerprint density at radius 2 is 2.29 bits per heavy atom. The summed E-state index contributed by atoms with van der Waals surface area (Å²) in [5, 5.41) is 2.64. The van der Waals surface area contributed by atoms with Crippen molar-refractivity contribution in [3.63, 3.8) is 0 Å². The largest absolute Gasteiger partial charge is 0.353 e. The van der Waals surface area contributed by atoms with Gasteiger partial charge in [-0.05, 0) is 13.5 Å². The maximum absolute atomic E-state index is 13.9. The van der Waals surface area contributed by atoms with Crippen LogP contribution in [0.1, 0.15) is 20.3 Å². The summed E-state index contributed by atoms with van der Waals surface area (Å²) in [4.78, 5) is 13.2. The molecule has 1 atom stereocenters. The summed E-state index contributed by atoms with van der Waals surface area (Å²) in [5.74, 6) is -0.144. The summed E-state index contributed by atoms with van der Waals surface area (Å²) in [6.07, 6.45) is 0.516. The number of rotatable bonds is 3. The first kappa shape index (κ1) is 11.4. The first-order valence-corrected chi connectivity index (χ1v) is 5.08. The van der Waals surface area contributed by atoms with E-state index in [2.05, 4.69) is 5.32 Å². The Bertz CT molecular complexity index is 220. The van der Waals surface area contributed by atoms with Gasteiger partial charge in [-0.1, -0.05) is 13.8 Å². The highest BCUT2D eigenvalue weighted by molar-refractivity contribution is 5.77. The zero-order chi connectivity index (χ0) is 10.8. The van der Waals surface area contributed by atoms with E-state index >= 15 is 0 Å².